The smallest absolute Gasteiger partial charge is 0.497 e. The minimum atomic E-state index is -0.571. The lowest BCUT2D eigenvalue weighted by atomic mass is 9.75. The Morgan fingerprint density at radius 1 is 1.24 bits per heavy atom. The summed E-state index contributed by atoms with van der Waals surface area (Å²) in [5.74, 6) is 0.655. The second-order valence-electron chi connectivity index (χ2n) is 9.57. The van der Waals surface area contributed by atoms with E-state index < -0.39 is 24.3 Å². The molecule has 0 unspecified atom stereocenters. The Hall–Kier alpha value is -2.62. The Balaban J connectivity index is 1.70. The van der Waals surface area contributed by atoms with Crippen LogP contribution in [0.5, 0.6) is 5.75 Å². The summed E-state index contributed by atoms with van der Waals surface area (Å²) >= 11 is 1.60. The number of aryl methyl sites for hydroxylation is 1. The first-order chi connectivity index (χ1) is 16.2. The first kappa shape index (κ1) is 23.1. The molecule has 1 aromatic carbocycles. The highest BCUT2D eigenvalue weighted by molar-refractivity contribution is 7.13. The average Bonchev–Trinajstić information content (AvgIpc) is 3.49. The van der Waals surface area contributed by atoms with Crippen LogP contribution < -0.4 is 10.2 Å². The number of carbonyl (C=O) groups excluding carboxylic acids is 1. The van der Waals surface area contributed by atoms with Gasteiger partial charge in [0, 0.05) is 17.6 Å². The fourth-order valence-corrected chi connectivity index (χ4v) is 5.22. The average molecular weight is 480 g/mol. The predicted molar refractivity (Wildman–Crippen MR) is 133 cm³/mol. The molecule has 2 aliphatic heterocycles. The van der Waals surface area contributed by atoms with E-state index in [0.717, 1.165) is 45.0 Å². The molecule has 7 nitrogen and oxygen atoms in total. The van der Waals surface area contributed by atoms with Gasteiger partial charge in [0.15, 0.2) is 0 Å². The highest BCUT2D eigenvalue weighted by atomic mass is 32.1. The minimum absolute atomic E-state index is 0.301. The molecule has 5 rings (SSSR count). The van der Waals surface area contributed by atoms with Gasteiger partial charge in [-0.3, -0.25) is 0 Å². The van der Waals surface area contributed by atoms with Gasteiger partial charge < -0.3 is 23.3 Å². The number of nitrogens with zero attached hydrogens (tertiary/aromatic N) is 2. The topological polar surface area (TPSA) is 71.8 Å². The van der Waals surface area contributed by atoms with Gasteiger partial charge in [-0.2, -0.15) is 0 Å². The van der Waals surface area contributed by atoms with E-state index in [4.69, 9.17) is 23.8 Å². The highest BCUT2D eigenvalue weighted by Gasteiger charge is 2.52. The van der Waals surface area contributed by atoms with E-state index in [1.165, 1.54) is 0 Å². The molecule has 178 valence electrons. The van der Waals surface area contributed by atoms with Crippen LogP contribution in [0.4, 0.5) is 0 Å². The molecule has 0 radical (unpaired) electrons. The lowest BCUT2D eigenvalue weighted by Gasteiger charge is -2.32. The molecule has 4 heterocycles. The monoisotopic (exact) mass is 480 g/mol. The molecule has 0 aliphatic carbocycles. The van der Waals surface area contributed by atoms with Crippen LogP contribution in [-0.4, -0.2) is 47.6 Å². The molecule has 2 aliphatic rings. The number of carbonyl (C=O) groups is 1. The van der Waals surface area contributed by atoms with Crippen LogP contribution >= 0.6 is 11.3 Å². The van der Waals surface area contributed by atoms with Crippen molar-refractivity contribution in [2.24, 2.45) is 0 Å². The fourth-order valence-electron chi connectivity index (χ4n) is 4.51. The van der Waals surface area contributed by atoms with Gasteiger partial charge in [-0.1, -0.05) is 6.07 Å². The van der Waals surface area contributed by atoms with Crippen LogP contribution in [0.1, 0.15) is 50.8 Å². The van der Waals surface area contributed by atoms with Crippen LogP contribution in [0.3, 0.4) is 0 Å². The van der Waals surface area contributed by atoms with E-state index in [-0.39, 0.29) is 0 Å². The lowest BCUT2D eigenvalue weighted by molar-refractivity contribution is 0.00578. The molecular formula is C25H29BN2O5S. The van der Waals surface area contributed by atoms with Crippen molar-refractivity contribution in [1.82, 2.24) is 9.55 Å². The fraction of sp³-hybridized carbons (Fsp3) is 0.440. The molecule has 34 heavy (non-hydrogen) atoms. The Morgan fingerprint density at radius 3 is 2.59 bits per heavy atom. The molecule has 0 saturated carbocycles. The quantitative estimate of drug-likeness (QED) is 0.400. The molecule has 0 amide bonds. The third-order valence-corrected chi connectivity index (χ3v) is 7.88. The maximum absolute atomic E-state index is 12.8. The summed E-state index contributed by atoms with van der Waals surface area (Å²) < 4.78 is 25.8. The van der Waals surface area contributed by atoms with Gasteiger partial charge in [-0.25, -0.2) is 9.78 Å². The van der Waals surface area contributed by atoms with Crippen LogP contribution in [-0.2, 0) is 27.0 Å². The summed E-state index contributed by atoms with van der Waals surface area (Å²) in [6, 6.07) is 8.16. The third kappa shape index (κ3) is 3.57. The first-order valence-electron chi connectivity index (χ1n) is 11.5. The summed E-state index contributed by atoms with van der Waals surface area (Å²) in [5, 5.41) is 2.01. The lowest BCUT2D eigenvalue weighted by Crippen LogP contribution is -2.41. The van der Waals surface area contributed by atoms with Crippen molar-refractivity contribution in [2.45, 2.75) is 58.8 Å². The molecule has 0 N–H and O–H groups in total. The van der Waals surface area contributed by atoms with E-state index in [1.807, 2.05) is 49.8 Å². The van der Waals surface area contributed by atoms with Crippen molar-refractivity contribution in [3.05, 3.63) is 41.0 Å². The molecule has 3 aromatic rings. The number of methoxy groups -OCH3 is 1. The highest BCUT2D eigenvalue weighted by Crippen LogP contribution is 2.42. The van der Waals surface area contributed by atoms with Gasteiger partial charge in [0.1, 0.15) is 11.4 Å². The van der Waals surface area contributed by atoms with Gasteiger partial charge in [-0.05, 0) is 70.2 Å². The summed E-state index contributed by atoms with van der Waals surface area (Å²) in [4.78, 5) is 18.5. The van der Waals surface area contributed by atoms with Crippen LogP contribution in [0.15, 0.2) is 29.6 Å². The summed E-state index contributed by atoms with van der Waals surface area (Å²) in [6.07, 6.45) is 0.745. The number of hydrogen-bond acceptors (Lipinski definition) is 7. The molecule has 0 atom stereocenters. The molecule has 0 bridgehead atoms. The minimum Gasteiger partial charge on any atom is -0.497 e. The summed E-state index contributed by atoms with van der Waals surface area (Å²) in [7, 11) is 1.10. The van der Waals surface area contributed by atoms with Crippen molar-refractivity contribution < 1.29 is 23.6 Å². The van der Waals surface area contributed by atoms with Gasteiger partial charge in [0.25, 0.3) is 0 Å². The Morgan fingerprint density at radius 2 is 1.97 bits per heavy atom. The third-order valence-electron chi connectivity index (χ3n) is 7.00. The van der Waals surface area contributed by atoms with Crippen molar-refractivity contribution >= 4 is 29.9 Å². The number of aromatic nitrogens is 2. The number of ether oxygens (including phenoxy) is 2. The molecule has 1 saturated heterocycles. The number of benzene rings is 1. The number of fused-ring (bicyclic) bond motifs is 3. The summed E-state index contributed by atoms with van der Waals surface area (Å²) in [5.41, 5.74) is 3.71. The number of hydrogen-bond donors (Lipinski definition) is 0. The molecule has 2 aromatic heterocycles. The predicted octanol–water partition coefficient (Wildman–Crippen LogP) is 4.32. The number of esters is 1. The SMILES string of the molecule is CCOC(=O)c1nc(-c2cccs2)c2n1CCc1cc(OC)c(B3OC(C)(C)C(C)(C)O3)cc1-2. The number of rotatable bonds is 5. The van der Waals surface area contributed by atoms with Gasteiger partial charge >= 0.3 is 13.1 Å². The second kappa shape index (κ2) is 8.25. The van der Waals surface area contributed by atoms with Crippen molar-refractivity contribution in [2.75, 3.05) is 13.7 Å². The normalized spacial score (nSPS) is 17.9. The zero-order valence-corrected chi connectivity index (χ0v) is 21.2. The molecule has 9 heteroatoms. The van der Waals surface area contributed by atoms with Gasteiger partial charge in [0.05, 0.1) is 35.5 Å². The van der Waals surface area contributed by atoms with E-state index in [2.05, 4.69) is 12.1 Å². The van der Waals surface area contributed by atoms with E-state index >= 15 is 0 Å². The zero-order chi connectivity index (χ0) is 24.3. The van der Waals surface area contributed by atoms with E-state index in [0.29, 0.717) is 19.0 Å². The largest absolute Gasteiger partial charge is 0.498 e. The second-order valence-corrected chi connectivity index (χ2v) is 10.5. The van der Waals surface area contributed by atoms with E-state index in [1.54, 1.807) is 25.4 Å². The Bertz CT molecular complexity index is 1230. The Labute approximate surface area is 204 Å². The molecular weight excluding hydrogens is 451 g/mol. The van der Waals surface area contributed by atoms with Crippen LogP contribution in [0.25, 0.3) is 21.8 Å². The van der Waals surface area contributed by atoms with Crippen molar-refractivity contribution in [1.29, 1.82) is 0 Å². The Kier molecular flexibility index (Phi) is 5.62. The van der Waals surface area contributed by atoms with Gasteiger partial charge in [-0.15, -0.1) is 11.3 Å². The number of thiophene rings is 1. The maximum atomic E-state index is 12.8. The maximum Gasteiger partial charge on any atom is 0.498 e. The van der Waals surface area contributed by atoms with Crippen molar-refractivity contribution in [3.8, 4) is 27.6 Å². The standard InChI is InChI=1S/C25H29BN2O5S/c1-7-31-23(29)22-27-20(19-9-8-12-34-19)21-16-14-17(26-32-24(2,3)25(4,5)33-26)18(30-6)13-15(16)10-11-28(21)22/h8-9,12-14H,7,10-11H2,1-6H3. The zero-order valence-electron chi connectivity index (χ0n) is 20.4. The first-order valence-corrected chi connectivity index (χ1v) is 12.4. The van der Waals surface area contributed by atoms with Crippen LogP contribution in [0.2, 0.25) is 0 Å². The van der Waals surface area contributed by atoms with Gasteiger partial charge in [0.2, 0.25) is 5.82 Å². The number of imidazole rings is 1. The van der Waals surface area contributed by atoms with Crippen LogP contribution in [0, 0.1) is 0 Å². The summed E-state index contributed by atoms with van der Waals surface area (Å²) in [6.45, 7) is 10.9. The molecule has 0 spiro atoms. The molecule has 1 fully saturated rings. The van der Waals surface area contributed by atoms with Crippen molar-refractivity contribution in [3.63, 3.8) is 0 Å². The van der Waals surface area contributed by atoms with E-state index in [9.17, 15) is 4.79 Å².